The fourth-order valence-electron chi connectivity index (χ4n) is 3.37. The Bertz CT molecular complexity index is 1090. The summed E-state index contributed by atoms with van der Waals surface area (Å²) >= 11 is 0. The highest BCUT2D eigenvalue weighted by molar-refractivity contribution is 6.12. The smallest absolute Gasteiger partial charge is 0.270 e. The Balaban J connectivity index is 1.67. The van der Waals surface area contributed by atoms with Crippen LogP contribution in [0.15, 0.2) is 66.7 Å². The van der Waals surface area contributed by atoms with Crippen LogP contribution in [0.3, 0.4) is 0 Å². The van der Waals surface area contributed by atoms with Gasteiger partial charge in [-0.25, -0.2) is 0 Å². The zero-order valence-electron chi connectivity index (χ0n) is 15.4. The van der Waals surface area contributed by atoms with Crippen molar-refractivity contribution in [3.63, 3.8) is 0 Å². The molecular formula is C23H19NO4. The fraction of sp³-hybridized carbons (Fsp3) is 0.174. The molecule has 0 fully saturated rings. The Morgan fingerprint density at radius 1 is 0.964 bits per heavy atom. The minimum Gasteiger partial charge on any atom is -0.480 e. The van der Waals surface area contributed by atoms with E-state index in [2.05, 4.69) is 0 Å². The van der Waals surface area contributed by atoms with E-state index in [0.29, 0.717) is 17.7 Å². The Hall–Kier alpha value is -3.47. The van der Waals surface area contributed by atoms with Gasteiger partial charge in [-0.2, -0.15) is 0 Å². The quantitative estimate of drug-likeness (QED) is 0.515. The summed E-state index contributed by atoms with van der Waals surface area (Å²) in [6, 6.07) is 19.8. The highest BCUT2D eigenvalue weighted by Crippen LogP contribution is 2.27. The minimum atomic E-state index is -0.794. The molecule has 3 aromatic carbocycles. The van der Waals surface area contributed by atoms with E-state index in [1.807, 2.05) is 37.3 Å². The number of ether oxygens (including phenoxy) is 1. The maximum atomic E-state index is 13.0. The van der Waals surface area contributed by atoms with E-state index in [1.165, 1.54) is 0 Å². The summed E-state index contributed by atoms with van der Waals surface area (Å²) in [5, 5.41) is 1.95. The maximum Gasteiger partial charge on any atom is 0.270 e. The average Bonchev–Trinajstić information content (AvgIpc) is 2.83. The number of carbonyl (C=O) groups excluding carboxylic acids is 3. The number of amides is 2. The molecule has 140 valence electrons. The number of benzene rings is 3. The van der Waals surface area contributed by atoms with Gasteiger partial charge in [0.25, 0.3) is 11.8 Å². The molecule has 4 rings (SSSR count). The van der Waals surface area contributed by atoms with Gasteiger partial charge in [-0.1, -0.05) is 55.5 Å². The highest BCUT2D eigenvalue weighted by Gasteiger charge is 2.36. The van der Waals surface area contributed by atoms with Crippen molar-refractivity contribution in [2.45, 2.75) is 19.4 Å². The van der Waals surface area contributed by atoms with Gasteiger partial charge in [-0.05, 0) is 35.4 Å². The molecule has 1 heterocycles. The number of nitrogens with zero attached hydrogens (tertiary/aromatic N) is 1. The molecule has 28 heavy (non-hydrogen) atoms. The number of imide groups is 1. The standard InChI is InChI=1S/C23H19NO4/c1-2-20-23(27)24(22(26)18-9-5-6-10-21(18)28-20)14-19(25)17-12-11-15-7-3-4-8-16(15)13-17/h3-13,20H,2,14H2,1H3. The molecule has 1 atom stereocenters. The summed E-state index contributed by atoms with van der Waals surface area (Å²) in [5.74, 6) is -0.918. The highest BCUT2D eigenvalue weighted by atomic mass is 16.5. The lowest BCUT2D eigenvalue weighted by Crippen LogP contribution is -2.45. The van der Waals surface area contributed by atoms with Gasteiger partial charge in [-0.3, -0.25) is 19.3 Å². The largest absolute Gasteiger partial charge is 0.480 e. The van der Waals surface area contributed by atoms with E-state index in [1.54, 1.807) is 36.4 Å². The van der Waals surface area contributed by atoms with Crippen LogP contribution >= 0.6 is 0 Å². The summed E-state index contributed by atoms with van der Waals surface area (Å²) in [6.07, 6.45) is -0.391. The predicted molar refractivity (Wildman–Crippen MR) is 105 cm³/mol. The second kappa shape index (κ2) is 7.27. The summed E-state index contributed by atoms with van der Waals surface area (Å²) < 4.78 is 5.74. The van der Waals surface area contributed by atoms with E-state index in [0.717, 1.165) is 15.7 Å². The van der Waals surface area contributed by atoms with Gasteiger partial charge in [0, 0.05) is 5.56 Å². The van der Waals surface area contributed by atoms with Crippen molar-refractivity contribution in [2.75, 3.05) is 6.54 Å². The van der Waals surface area contributed by atoms with Crippen molar-refractivity contribution in [1.29, 1.82) is 0 Å². The molecule has 5 heteroatoms. The number of para-hydroxylation sites is 1. The number of hydrogen-bond acceptors (Lipinski definition) is 4. The minimum absolute atomic E-state index is 0.290. The first kappa shape index (κ1) is 17.9. The molecule has 5 nitrogen and oxygen atoms in total. The molecular weight excluding hydrogens is 354 g/mol. The van der Waals surface area contributed by atoms with Crippen LogP contribution in [-0.4, -0.2) is 35.1 Å². The number of hydrogen-bond donors (Lipinski definition) is 0. The number of Topliss-reactive ketones (excluding diaryl/α,β-unsaturated/α-hetero) is 1. The van der Waals surface area contributed by atoms with Crippen LogP contribution in [0.5, 0.6) is 5.75 Å². The summed E-state index contributed by atoms with van der Waals surface area (Å²) in [5.41, 5.74) is 0.754. The third-order valence-electron chi connectivity index (χ3n) is 4.92. The van der Waals surface area contributed by atoms with E-state index in [4.69, 9.17) is 4.74 Å². The van der Waals surface area contributed by atoms with Gasteiger partial charge < -0.3 is 4.74 Å². The summed E-state index contributed by atoms with van der Waals surface area (Å²) in [4.78, 5) is 39.7. The molecule has 0 aromatic heterocycles. The van der Waals surface area contributed by atoms with Crippen LogP contribution < -0.4 is 4.74 Å². The molecule has 0 aliphatic carbocycles. The SMILES string of the molecule is CCC1Oc2ccccc2C(=O)N(CC(=O)c2ccc3ccccc3c2)C1=O. The Morgan fingerprint density at radius 3 is 2.46 bits per heavy atom. The molecule has 0 N–H and O–H groups in total. The van der Waals surface area contributed by atoms with Gasteiger partial charge in [0.05, 0.1) is 12.1 Å². The van der Waals surface area contributed by atoms with Crippen molar-refractivity contribution in [3.8, 4) is 5.75 Å². The molecule has 0 saturated heterocycles. The second-order valence-electron chi connectivity index (χ2n) is 6.73. The summed E-state index contributed by atoms with van der Waals surface area (Å²) in [7, 11) is 0. The normalized spacial score (nSPS) is 16.5. The molecule has 0 bridgehead atoms. The first-order chi connectivity index (χ1) is 13.6. The van der Waals surface area contributed by atoms with E-state index >= 15 is 0 Å². The van der Waals surface area contributed by atoms with Crippen molar-refractivity contribution in [3.05, 3.63) is 77.9 Å². The molecule has 1 aliphatic heterocycles. The topological polar surface area (TPSA) is 63.7 Å². The van der Waals surface area contributed by atoms with Crippen LogP contribution in [0.2, 0.25) is 0 Å². The molecule has 1 unspecified atom stereocenters. The number of fused-ring (bicyclic) bond motifs is 2. The zero-order chi connectivity index (χ0) is 19.7. The lowest BCUT2D eigenvalue weighted by atomic mass is 10.0. The van der Waals surface area contributed by atoms with Crippen molar-refractivity contribution in [2.24, 2.45) is 0 Å². The number of ketones is 1. The van der Waals surface area contributed by atoms with Gasteiger partial charge in [0.2, 0.25) is 0 Å². The lowest BCUT2D eigenvalue weighted by Gasteiger charge is -2.21. The van der Waals surface area contributed by atoms with E-state index in [-0.39, 0.29) is 17.9 Å². The van der Waals surface area contributed by atoms with E-state index in [9.17, 15) is 14.4 Å². The van der Waals surface area contributed by atoms with Gasteiger partial charge in [0.15, 0.2) is 11.9 Å². The third kappa shape index (κ3) is 3.16. The van der Waals surface area contributed by atoms with Crippen LogP contribution in [0.4, 0.5) is 0 Å². The fourth-order valence-corrected chi connectivity index (χ4v) is 3.37. The molecule has 3 aromatic rings. The Kier molecular flexibility index (Phi) is 4.65. The first-order valence-corrected chi connectivity index (χ1v) is 9.22. The van der Waals surface area contributed by atoms with Gasteiger partial charge in [0.1, 0.15) is 5.75 Å². The summed E-state index contributed by atoms with van der Waals surface area (Å²) in [6.45, 7) is 1.49. The lowest BCUT2D eigenvalue weighted by molar-refractivity contribution is -0.135. The second-order valence-corrected chi connectivity index (χ2v) is 6.73. The molecule has 2 amide bonds. The van der Waals surface area contributed by atoms with Gasteiger partial charge in [-0.15, -0.1) is 0 Å². The van der Waals surface area contributed by atoms with Gasteiger partial charge >= 0.3 is 0 Å². The average molecular weight is 373 g/mol. The molecule has 0 saturated carbocycles. The molecule has 0 spiro atoms. The Labute approximate surface area is 162 Å². The molecule has 1 aliphatic rings. The maximum absolute atomic E-state index is 13.0. The van der Waals surface area contributed by atoms with E-state index < -0.39 is 17.9 Å². The number of carbonyl (C=O) groups is 3. The van der Waals surface area contributed by atoms with Crippen LogP contribution in [0.1, 0.15) is 34.1 Å². The molecule has 0 radical (unpaired) electrons. The van der Waals surface area contributed by atoms with Crippen LogP contribution in [0, 0.1) is 0 Å². The van der Waals surface area contributed by atoms with Crippen molar-refractivity contribution >= 4 is 28.4 Å². The van der Waals surface area contributed by atoms with Crippen LogP contribution in [0.25, 0.3) is 10.8 Å². The third-order valence-corrected chi connectivity index (χ3v) is 4.92. The van der Waals surface area contributed by atoms with Crippen LogP contribution in [-0.2, 0) is 4.79 Å². The Morgan fingerprint density at radius 2 is 1.68 bits per heavy atom. The van der Waals surface area contributed by atoms with Crippen molar-refractivity contribution < 1.29 is 19.1 Å². The zero-order valence-corrected chi connectivity index (χ0v) is 15.4. The number of rotatable bonds is 4. The monoisotopic (exact) mass is 373 g/mol. The van der Waals surface area contributed by atoms with Crippen molar-refractivity contribution in [1.82, 2.24) is 4.90 Å². The predicted octanol–water partition coefficient (Wildman–Crippen LogP) is 3.86. The first-order valence-electron chi connectivity index (χ1n) is 9.22.